The van der Waals surface area contributed by atoms with Gasteiger partial charge in [-0.15, -0.1) is 0 Å². The zero-order valence-corrected chi connectivity index (χ0v) is 35.8. The molecule has 8 N–H and O–H groups in total. The number of ether oxygens (including phenoxy) is 4. The largest absolute Gasteiger partial charge is 0.507 e. The third kappa shape index (κ3) is 6.88. The summed E-state index contributed by atoms with van der Waals surface area (Å²) >= 11 is 5.94. The Morgan fingerprint density at radius 2 is 1.61 bits per heavy atom. The number of halogens is 1. The molecule has 2 saturated heterocycles. The van der Waals surface area contributed by atoms with Gasteiger partial charge in [0.05, 0.1) is 23.7 Å². The van der Waals surface area contributed by atoms with Crippen LogP contribution >= 0.6 is 11.6 Å². The summed E-state index contributed by atoms with van der Waals surface area (Å²) in [6.07, 6.45) is 2.51. The molecule has 3 fully saturated rings. The molecule has 8 rings (SSSR count). The summed E-state index contributed by atoms with van der Waals surface area (Å²) in [6, 6.07) is 4.95. The summed E-state index contributed by atoms with van der Waals surface area (Å²) in [6.45, 7) is 4.23. The molecule has 19 nitrogen and oxygen atoms in total. The fourth-order valence-corrected chi connectivity index (χ4v) is 9.99. The molecule has 1 amide bonds. The zero-order valence-electron chi connectivity index (χ0n) is 35.1. The topological polar surface area (TPSA) is 309 Å². The van der Waals surface area contributed by atoms with Gasteiger partial charge in [0, 0.05) is 55.0 Å². The number of aliphatic hydroxyl groups excluding tert-OH is 2. The Kier molecular flexibility index (Phi) is 11.5. The van der Waals surface area contributed by atoms with E-state index in [-0.39, 0.29) is 51.3 Å². The molecule has 2 aliphatic heterocycles. The molecule has 1 aromatic heterocycles. The van der Waals surface area contributed by atoms with Crippen molar-refractivity contribution in [3.05, 3.63) is 117 Å². The molecular weight excluding hydrogens is 890 g/mol. The average Bonchev–Trinajstić information content (AvgIpc) is 3.98. The number of hydrogen-bond acceptors (Lipinski definition) is 18. The second-order valence-electron chi connectivity index (χ2n) is 16.7. The highest BCUT2D eigenvalue weighted by molar-refractivity contribution is 6.36. The molecule has 0 bridgehead atoms. The van der Waals surface area contributed by atoms with Gasteiger partial charge < -0.3 is 64.4 Å². The quantitative estimate of drug-likeness (QED) is 0.0503. The number of ketones is 2. The number of allylic oxidation sites excluding steroid dienone is 6. The molecular formula is C46H42ClNO18. The standard InChI is InChI=1S/C46H42ClNO18/c1-20-16-29(51)45(61)43(60,18-20)19-30(52)44-41(58)33-24(40(57)46(44,45)66-44)13-12-23(36(33)55)27-17-28(38(21(2)62-27)63-22(3)49)64-32(54)11-9-7-5-4-6-8-10-31(53)48-35-37(56)25-14-15-26(50)34(47)39(25)65-42(35)59/h4-16,21,27-28,30,38,41,50,52,55-56,58,60-61H,17-19H2,1-3H3,(H,48,53)/b6-4+,7-5-,10-8+,11-9+/t21-,27-,28-,30+,38-,41+,43-,44+,45-,46-/m1/s1. The minimum Gasteiger partial charge on any atom is -0.507 e. The maximum absolute atomic E-state index is 14.4. The Morgan fingerprint density at radius 1 is 0.924 bits per heavy atom. The van der Waals surface area contributed by atoms with E-state index < -0.39 is 118 Å². The van der Waals surface area contributed by atoms with Gasteiger partial charge in [0.1, 0.15) is 34.3 Å². The highest BCUT2D eigenvalue weighted by Gasteiger charge is 2.96. The van der Waals surface area contributed by atoms with Gasteiger partial charge >= 0.3 is 17.6 Å². The first-order chi connectivity index (χ1) is 31.1. The van der Waals surface area contributed by atoms with Crippen molar-refractivity contribution in [1.29, 1.82) is 0 Å². The Balaban J connectivity index is 0.943. The van der Waals surface area contributed by atoms with Crippen LogP contribution in [0.25, 0.3) is 11.0 Å². The van der Waals surface area contributed by atoms with Crippen LogP contribution in [0.5, 0.6) is 17.2 Å². The first-order valence-corrected chi connectivity index (χ1v) is 20.8. The Morgan fingerprint density at radius 3 is 2.30 bits per heavy atom. The Labute approximate surface area is 378 Å². The highest BCUT2D eigenvalue weighted by Crippen LogP contribution is 2.74. The van der Waals surface area contributed by atoms with Crippen molar-refractivity contribution in [2.45, 2.75) is 99.1 Å². The lowest BCUT2D eigenvalue weighted by molar-refractivity contribution is -0.210. The number of esters is 2. The van der Waals surface area contributed by atoms with E-state index >= 15 is 0 Å². The minimum atomic E-state index is -2.88. The van der Waals surface area contributed by atoms with E-state index in [0.717, 1.165) is 25.2 Å². The predicted octanol–water partition coefficient (Wildman–Crippen LogP) is 3.00. The molecule has 1 saturated carbocycles. The number of aliphatic hydroxyl groups is 4. The number of benzene rings is 2. The molecule has 5 aliphatic rings. The molecule has 346 valence electrons. The van der Waals surface area contributed by atoms with Crippen LogP contribution in [0.2, 0.25) is 5.02 Å². The summed E-state index contributed by atoms with van der Waals surface area (Å²) in [5.74, 6) is -6.08. The van der Waals surface area contributed by atoms with Crippen LogP contribution in [0.15, 0.2) is 93.7 Å². The fourth-order valence-electron chi connectivity index (χ4n) is 9.78. The number of rotatable bonds is 9. The van der Waals surface area contributed by atoms with Gasteiger partial charge in [-0.25, -0.2) is 9.59 Å². The van der Waals surface area contributed by atoms with Crippen molar-refractivity contribution in [2.24, 2.45) is 0 Å². The number of anilines is 1. The van der Waals surface area contributed by atoms with Gasteiger partial charge in [-0.1, -0.05) is 65.8 Å². The van der Waals surface area contributed by atoms with E-state index in [4.69, 9.17) is 35.0 Å². The van der Waals surface area contributed by atoms with Crippen molar-refractivity contribution in [3.8, 4) is 17.2 Å². The molecule has 2 aromatic carbocycles. The van der Waals surface area contributed by atoms with E-state index in [2.05, 4.69) is 5.32 Å². The maximum atomic E-state index is 14.4. The predicted molar refractivity (Wildman–Crippen MR) is 227 cm³/mol. The molecule has 0 radical (unpaired) electrons. The van der Waals surface area contributed by atoms with Crippen molar-refractivity contribution < 1.29 is 83.1 Å². The van der Waals surface area contributed by atoms with E-state index in [1.165, 1.54) is 67.6 Å². The van der Waals surface area contributed by atoms with E-state index in [1.807, 2.05) is 0 Å². The van der Waals surface area contributed by atoms with E-state index in [0.29, 0.717) is 5.57 Å². The minimum absolute atomic E-state index is 0.00805. The molecule has 66 heavy (non-hydrogen) atoms. The number of Topliss-reactive ketones (excluding diaryl/α,β-unsaturated/α-hetero) is 1. The molecule has 3 aromatic rings. The number of amides is 1. The second-order valence-corrected chi connectivity index (χ2v) is 17.1. The molecule has 0 spiro atoms. The van der Waals surface area contributed by atoms with Crippen LogP contribution in [0.4, 0.5) is 5.69 Å². The highest BCUT2D eigenvalue weighted by atomic mass is 35.5. The average molecular weight is 932 g/mol. The first kappa shape index (κ1) is 46.1. The van der Waals surface area contributed by atoms with Crippen LogP contribution in [0.1, 0.15) is 73.7 Å². The number of fused-ring (bicyclic) bond motifs is 3. The molecule has 0 unspecified atom stereocenters. The lowest BCUT2D eigenvalue weighted by Gasteiger charge is -2.54. The summed E-state index contributed by atoms with van der Waals surface area (Å²) < 4.78 is 28.2. The Hall–Kier alpha value is -6.45. The van der Waals surface area contributed by atoms with Gasteiger partial charge in [0.15, 0.2) is 40.1 Å². The van der Waals surface area contributed by atoms with Crippen molar-refractivity contribution >= 4 is 57.7 Å². The summed E-state index contributed by atoms with van der Waals surface area (Å²) in [5.41, 5.74) is -12.3. The number of hydrogen-bond donors (Lipinski definition) is 8. The Bertz CT molecular complexity index is 2840. The monoisotopic (exact) mass is 931 g/mol. The summed E-state index contributed by atoms with van der Waals surface area (Å²) in [4.78, 5) is 77.7. The number of epoxide rings is 1. The zero-order chi connectivity index (χ0) is 47.8. The molecule has 10 atom stereocenters. The number of carbonyl (C=O) groups is 5. The number of carbonyl (C=O) groups excluding carboxylic acids is 5. The van der Waals surface area contributed by atoms with Crippen LogP contribution < -0.4 is 10.9 Å². The summed E-state index contributed by atoms with van der Waals surface area (Å²) in [5, 5.41) is 80.8. The number of phenolic OH excluding ortho intramolecular Hbond substituents is 2. The third-order valence-corrected chi connectivity index (χ3v) is 13.0. The van der Waals surface area contributed by atoms with Crippen LogP contribution in [0.3, 0.4) is 0 Å². The molecule has 20 heteroatoms. The van der Waals surface area contributed by atoms with E-state index in [1.54, 1.807) is 6.92 Å². The smallest absolute Gasteiger partial charge is 0.364 e. The second kappa shape index (κ2) is 16.5. The van der Waals surface area contributed by atoms with Crippen molar-refractivity contribution in [1.82, 2.24) is 0 Å². The molecule has 3 heterocycles. The molecule has 3 aliphatic carbocycles. The van der Waals surface area contributed by atoms with E-state index in [9.17, 15) is 64.5 Å². The van der Waals surface area contributed by atoms with Gasteiger partial charge in [0.25, 0.3) is 0 Å². The SMILES string of the molecule is CC(=O)O[C@@H]1[C@@H](C)O[C@@H](c2ccc3c(c2O)[C@H](O)[C@]24O[C@@]2(C3=O)[C@@]2(O)C(=O)C=C(C)C[C@@]2(O)C[C@@H]4O)C[C@H]1OC(=O)/C=C/C=C\C=C\C=C\C(=O)Nc1c(O)c2ccc(O)c(Cl)c2oc1=O. The van der Waals surface area contributed by atoms with Gasteiger partial charge in [-0.3, -0.25) is 19.2 Å². The maximum Gasteiger partial charge on any atom is 0.364 e. The summed E-state index contributed by atoms with van der Waals surface area (Å²) in [7, 11) is 0. The normalized spacial score (nSPS) is 32.5. The van der Waals surface area contributed by atoms with Crippen molar-refractivity contribution in [3.63, 3.8) is 0 Å². The fraction of sp³-hybridized carbons (Fsp3) is 0.348. The van der Waals surface area contributed by atoms with Crippen LogP contribution in [-0.4, -0.2) is 112 Å². The lowest BCUT2D eigenvalue weighted by atomic mass is 9.50. The van der Waals surface area contributed by atoms with Crippen LogP contribution in [0, 0.1) is 0 Å². The number of nitrogens with one attached hydrogen (secondary N) is 1. The number of aromatic hydroxyl groups is 3. The van der Waals surface area contributed by atoms with Crippen LogP contribution in [-0.2, 0) is 38.1 Å². The van der Waals surface area contributed by atoms with Gasteiger partial charge in [0.2, 0.25) is 17.3 Å². The van der Waals surface area contributed by atoms with Gasteiger partial charge in [-0.05, 0) is 32.1 Å². The number of phenols is 2. The van der Waals surface area contributed by atoms with Crippen molar-refractivity contribution in [2.75, 3.05) is 5.32 Å². The van der Waals surface area contributed by atoms with Gasteiger partial charge in [-0.2, -0.15) is 0 Å². The lowest BCUT2D eigenvalue weighted by Crippen LogP contribution is -2.78. The third-order valence-electron chi connectivity index (χ3n) is 12.7. The first-order valence-electron chi connectivity index (χ1n) is 20.5.